The maximum absolute atomic E-state index is 12.7. The van der Waals surface area contributed by atoms with Gasteiger partial charge in [0.25, 0.3) is 5.91 Å². The number of piperidine rings is 1. The van der Waals surface area contributed by atoms with E-state index in [9.17, 15) is 9.59 Å². The van der Waals surface area contributed by atoms with Crippen LogP contribution in [0.15, 0.2) is 60.7 Å². The lowest BCUT2D eigenvalue weighted by Gasteiger charge is -2.32. The molecular weight excluding hydrogens is 364 g/mol. The fourth-order valence-corrected chi connectivity index (χ4v) is 3.62. The Morgan fingerprint density at radius 3 is 2.52 bits per heavy atom. The molecule has 1 atom stereocenters. The highest BCUT2D eigenvalue weighted by Crippen LogP contribution is 2.27. The number of hydrogen-bond acceptors (Lipinski definition) is 3. The lowest BCUT2D eigenvalue weighted by Crippen LogP contribution is -2.38. The van der Waals surface area contributed by atoms with Gasteiger partial charge in [-0.2, -0.15) is 0 Å². The highest BCUT2D eigenvalue weighted by atomic mass is 16.5. The molecule has 1 saturated heterocycles. The van der Waals surface area contributed by atoms with Crippen LogP contribution in [0.4, 0.5) is 0 Å². The van der Waals surface area contributed by atoms with Gasteiger partial charge in [-0.1, -0.05) is 48.0 Å². The van der Waals surface area contributed by atoms with Crippen molar-refractivity contribution in [3.8, 4) is 0 Å². The van der Waals surface area contributed by atoms with Crippen molar-refractivity contribution in [1.29, 1.82) is 0 Å². The number of nitrogens with zero attached hydrogens (tertiary/aromatic N) is 1. The maximum Gasteiger partial charge on any atom is 0.267 e. The van der Waals surface area contributed by atoms with Crippen molar-refractivity contribution in [3.63, 3.8) is 0 Å². The molecule has 5 nitrogen and oxygen atoms in total. The zero-order valence-corrected chi connectivity index (χ0v) is 16.5. The van der Waals surface area contributed by atoms with Crippen molar-refractivity contribution in [2.45, 2.75) is 25.7 Å². The first-order valence-electron chi connectivity index (χ1n) is 9.81. The van der Waals surface area contributed by atoms with Gasteiger partial charge in [-0.3, -0.25) is 14.8 Å². The lowest BCUT2D eigenvalue weighted by molar-refractivity contribution is -0.127. The van der Waals surface area contributed by atoms with Gasteiger partial charge in [0.2, 0.25) is 5.91 Å². The minimum absolute atomic E-state index is 0.0166. The van der Waals surface area contributed by atoms with E-state index in [0.717, 1.165) is 37.1 Å². The molecule has 0 radical (unpaired) electrons. The highest BCUT2D eigenvalue weighted by molar-refractivity contribution is 5.92. The van der Waals surface area contributed by atoms with E-state index in [1.807, 2.05) is 29.2 Å². The molecule has 0 bridgehead atoms. The van der Waals surface area contributed by atoms with E-state index in [1.165, 1.54) is 17.2 Å². The molecule has 5 heteroatoms. The molecule has 2 aromatic carbocycles. The lowest BCUT2D eigenvalue weighted by atomic mass is 9.90. The topological polar surface area (TPSA) is 69.6 Å². The van der Waals surface area contributed by atoms with Gasteiger partial charge in [0, 0.05) is 31.2 Å². The summed E-state index contributed by atoms with van der Waals surface area (Å²) in [7, 11) is 0. The van der Waals surface area contributed by atoms with Crippen molar-refractivity contribution < 1.29 is 14.8 Å². The van der Waals surface area contributed by atoms with E-state index in [2.05, 4.69) is 31.2 Å². The predicted octanol–water partition coefficient (Wildman–Crippen LogP) is 3.93. The number of hydrogen-bond donors (Lipinski definition) is 2. The number of carbonyl (C=O) groups is 2. The fraction of sp³-hybridized carbons (Fsp3) is 0.250. The second-order valence-corrected chi connectivity index (χ2v) is 7.35. The van der Waals surface area contributed by atoms with Crippen LogP contribution in [0.3, 0.4) is 0 Å². The van der Waals surface area contributed by atoms with Crippen LogP contribution in [0.5, 0.6) is 0 Å². The predicted molar refractivity (Wildman–Crippen MR) is 114 cm³/mol. The van der Waals surface area contributed by atoms with Gasteiger partial charge in [-0.05, 0) is 54.7 Å². The van der Waals surface area contributed by atoms with Crippen LogP contribution in [0.25, 0.3) is 12.2 Å². The molecule has 2 amide bonds. The van der Waals surface area contributed by atoms with Crippen molar-refractivity contribution in [2.75, 3.05) is 13.1 Å². The number of amides is 2. The Morgan fingerprint density at radius 2 is 1.79 bits per heavy atom. The number of likely N-dealkylation sites (tertiary alicyclic amines) is 1. The molecule has 1 fully saturated rings. The first kappa shape index (κ1) is 20.6. The number of nitrogens with one attached hydrogen (secondary N) is 1. The standard InChI is InChI=1S/C24H26N2O3/c1-18-5-2-8-21(15-18)22-9-4-14-26(17-22)24(28)13-11-20-7-3-6-19(16-20)10-12-23(27)25-29/h2-3,5-8,10-13,15-16,22,29H,4,9,14,17H2,1H3,(H,25,27). The Balaban J connectivity index is 1.64. The molecule has 1 heterocycles. The van der Waals surface area contributed by atoms with Crippen molar-refractivity contribution in [3.05, 3.63) is 82.9 Å². The van der Waals surface area contributed by atoms with E-state index < -0.39 is 5.91 Å². The first-order chi connectivity index (χ1) is 14.0. The third kappa shape index (κ3) is 5.90. The molecule has 150 valence electrons. The van der Waals surface area contributed by atoms with Crippen LogP contribution >= 0.6 is 0 Å². The molecule has 0 aromatic heterocycles. The highest BCUT2D eigenvalue weighted by Gasteiger charge is 2.23. The Morgan fingerprint density at radius 1 is 1.07 bits per heavy atom. The molecule has 0 aliphatic carbocycles. The second kappa shape index (κ2) is 9.85. The quantitative estimate of drug-likeness (QED) is 0.462. The summed E-state index contributed by atoms with van der Waals surface area (Å²) in [5.74, 6) is -0.190. The molecule has 2 aromatic rings. The summed E-state index contributed by atoms with van der Waals surface area (Å²) >= 11 is 0. The number of carbonyl (C=O) groups excluding carboxylic acids is 2. The molecule has 3 rings (SSSR count). The summed E-state index contributed by atoms with van der Waals surface area (Å²) < 4.78 is 0. The van der Waals surface area contributed by atoms with Gasteiger partial charge in [0.05, 0.1) is 0 Å². The minimum Gasteiger partial charge on any atom is -0.339 e. The van der Waals surface area contributed by atoms with Gasteiger partial charge in [-0.15, -0.1) is 0 Å². The number of hydroxylamine groups is 1. The summed E-state index contributed by atoms with van der Waals surface area (Å²) in [6.45, 7) is 3.62. The molecule has 1 unspecified atom stereocenters. The van der Waals surface area contributed by atoms with E-state index in [1.54, 1.807) is 23.7 Å². The number of aryl methyl sites for hydroxylation is 1. The van der Waals surface area contributed by atoms with E-state index >= 15 is 0 Å². The smallest absolute Gasteiger partial charge is 0.267 e. The second-order valence-electron chi connectivity index (χ2n) is 7.35. The van der Waals surface area contributed by atoms with Crippen molar-refractivity contribution in [1.82, 2.24) is 10.4 Å². The minimum atomic E-state index is -0.589. The third-order valence-corrected chi connectivity index (χ3v) is 5.11. The summed E-state index contributed by atoms with van der Waals surface area (Å²) in [6.07, 6.45) is 8.36. The molecular formula is C24H26N2O3. The summed E-state index contributed by atoms with van der Waals surface area (Å²) in [5.41, 5.74) is 5.78. The summed E-state index contributed by atoms with van der Waals surface area (Å²) in [5, 5.41) is 8.54. The largest absolute Gasteiger partial charge is 0.339 e. The fourth-order valence-electron chi connectivity index (χ4n) is 3.62. The average molecular weight is 390 g/mol. The number of rotatable bonds is 5. The van der Waals surface area contributed by atoms with Crippen molar-refractivity contribution >= 4 is 24.0 Å². The van der Waals surface area contributed by atoms with Crippen LogP contribution in [0, 0.1) is 6.92 Å². The van der Waals surface area contributed by atoms with E-state index in [0.29, 0.717) is 5.92 Å². The van der Waals surface area contributed by atoms with Gasteiger partial charge in [-0.25, -0.2) is 5.48 Å². The van der Waals surface area contributed by atoms with Crippen LogP contribution in [0.1, 0.15) is 41.0 Å². The summed E-state index contributed by atoms with van der Waals surface area (Å²) in [6, 6.07) is 16.0. The Hall–Kier alpha value is -3.18. The van der Waals surface area contributed by atoms with E-state index in [4.69, 9.17) is 5.21 Å². The molecule has 0 saturated carbocycles. The third-order valence-electron chi connectivity index (χ3n) is 5.11. The number of benzene rings is 2. The molecule has 29 heavy (non-hydrogen) atoms. The van der Waals surface area contributed by atoms with Gasteiger partial charge < -0.3 is 4.90 Å². The zero-order valence-electron chi connectivity index (χ0n) is 16.5. The van der Waals surface area contributed by atoms with Crippen LogP contribution in [0.2, 0.25) is 0 Å². The van der Waals surface area contributed by atoms with Crippen molar-refractivity contribution in [2.24, 2.45) is 0 Å². The van der Waals surface area contributed by atoms with Gasteiger partial charge in [0.15, 0.2) is 0 Å². The van der Waals surface area contributed by atoms with Gasteiger partial charge >= 0.3 is 0 Å². The Kier molecular flexibility index (Phi) is 6.98. The molecule has 2 N–H and O–H groups in total. The van der Waals surface area contributed by atoms with Crippen LogP contribution in [-0.2, 0) is 9.59 Å². The molecule has 0 spiro atoms. The Bertz CT molecular complexity index is 933. The van der Waals surface area contributed by atoms with Gasteiger partial charge in [0.1, 0.15) is 0 Å². The normalized spacial score (nSPS) is 17.0. The van der Waals surface area contributed by atoms with Crippen LogP contribution in [-0.4, -0.2) is 35.0 Å². The summed E-state index contributed by atoms with van der Waals surface area (Å²) in [4.78, 5) is 25.7. The zero-order chi connectivity index (χ0) is 20.6. The average Bonchev–Trinajstić information content (AvgIpc) is 2.76. The first-order valence-corrected chi connectivity index (χ1v) is 9.81. The Labute approximate surface area is 171 Å². The SMILES string of the molecule is Cc1cccc(C2CCCN(C(=O)C=Cc3cccc(C=CC(=O)NO)c3)C2)c1. The monoisotopic (exact) mass is 390 g/mol. The maximum atomic E-state index is 12.7. The van der Waals surface area contributed by atoms with Crippen LogP contribution < -0.4 is 5.48 Å². The van der Waals surface area contributed by atoms with E-state index in [-0.39, 0.29) is 5.91 Å². The molecule has 1 aliphatic heterocycles. The molecule has 1 aliphatic rings.